The van der Waals surface area contributed by atoms with E-state index in [1.807, 2.05) is 0 Å². The number of aromatic nitrogens is 2. The van der Waals surface area contributed by atoms with Crippen molar-refractivity contribution in [3.8, 4) is 5.75 Å². The molecule has 0 aliphatic carbocycles. The van der Waals surface area contributed by atoms with Crippen LogP contribution in [0, 0.1) is 0 Å². The summed E-state index contributed by atoms with van der Waals surface area (Å²) in [6.07, 6.45) is 2.79. The van der Waals surface area contributed by atoms with Crippen LogP contribution in [0.1, 0.15) is 10.5 Å². The molecule has 0 saturated heterocycles. The fourth-order valence-electron chi connectivity index (χ4n) is 1.11. The second-order valence-corrected chi connectivity index (χ2v) is 4.77. The first-order valence-electron chi connectivity index (χ1n) is 4.60. The molecular formula is C11H6Br2N2O2. The van der Waals surface area contributed by atoms with Crippen LogP contribution < -0.4 is 4.74 Å². The lowest BCUT2D eigenvalue weighted by molar-refractivity contribution is 0.0728. The van der Waals surface area contributed by atoms with Gasteiger partial charge in [-0.15, -0.1) is 0 Å². The normalized spacial score (nSPS) is 10.0. The van der Waals surface area contributed by atoms with E-state index in [9.17, 15) is 4.79 Å². The summed E-state index contributed by atoms with van der Waals surface area (Å²) < 4.78 is 6.86. The van der Waals surface area contributed by atoms with Crippen molar-refractivity contribution in [2.75, 3.05) is 0 Å². The lowest BCUT2D eigenvalue weighted by Crippen LogP contribution is -2.10. The molecule has 0 amide bonds. The molecule has 4 nitrogen and oxygen atoms in total. The van der Waals surface area contributed by atoms with Gasteiger partial charge in [-0.2, -0.15) is 0 Å². The third-order valence-corrected chi connectivity index (χ3v) is 3.77. The van der Waals surface area contributed by atoms with Gasteiger partial charge in [0.2, 0.25) is 0 Å². The van der Waals surface area contributed by atoms with Gasteiger partial charge in [0.05, 0.1) is 0 Å². The van der Waals surface area contributed by atoms with E-state index in [2.05, 4.69) is 41.8 Å². The number of halogens is 2. The van der Waals surface area contributed by atoms with Crippen LogP contribution >= 0.6 is 31.9 Å². The molecule has 0 radical (unpaired) electrons. The maximum absolute atomic E-state index is 11.7. The Bertz CT molecular complexity index is 546. The van der Waals surface area contributed by atoms with E-state index in [4.69, 9.17) is 4.74 Å². The Labute approximate surface area is 114 Å². The first-order chi connectivity index (χ1) is 8.16. The summed E-state index contributed by atoms with van der Waals surface area (Å²) in [7, 11) is 0. The van der Waals surface area contributed by atoms with Gasteiger partial charge in [-0.25, -0.2) is 14.8 Å². The predicted molar refractivity (Wildman–Crippen MR) is 68.8 cm³/mol. The zero-order valence-corrected chi connectivity index (χ0v) is 11.6. The molecule has 0 spiro atoms. The van der Waals surface area contributed by atoms with Crippen LogP contribution in [0.4, 0.5) is 0 Å². The molecule has 86 valence electrons. The van der Waals surface area contributed by atoms with Gasteiger partial charge in [-0.3, -0.25) is 0 Å². The summed E-state index contributed by atoms with van der Waals surface area (Å²) in [6, 6.07) is 6.67. The van der Waals surface area contributed by atoms with Gasteiger partial charge in [0.15, 0.2) is 5.69 Å². The van der Waals surface area contributed by atoms with Crippen molar-refractivity contribution < 1.29 is 9.53 Å². The van der Waals surface area contributed by atoms with Crippen molar-refractivity contribution in [1.82, 2.24) is 9.97 Å². The van der Waals surface area contributed by atoms with Crippen LogP contribution in [0.3, 0.4) is 0 Å². The minimum atomic E-state index is -0.512. The Morgan fingerprint density at radius 3 is 2.65 bits per heavy atom. The summed E-state index contributed by atoms with van der Waals surface area (Å²) in [5, 5.41) is 0. The molecule has 0 unspecified atom stereocenters. The Morgan fingerprint density at radius 1 is 1.18 bits per heavy atom. The lowest BCUT2D eigenvalue weighted by atomic mass is 10.3. The Kier molecular flexibility index (Phi) is 3.86. The van der Waals surface area contributed by atoms with E-state index in [0.29, 0.717) is 5.75 Å². The molecule has 17 heavy (non-hydrogen) atoms. The van der Waals surface area contributed by atoms with Gasteiger partial charge in [-0.05, 0) is 56.1 Å². The van der Waals surface area contributed by atoms with E-state index < -0.39 is 5.97 Å². The number of hydrogen-bond donors (Lipinski definition) is 0. The Hall–Kier alpha value is -1.27. The highest BCUT2D eigenvalue weighted by molar-refractivity contribution is 9.13. The van der Waals surface area contributed by atoms with Crippen molar-refractivity contribution in [2.24, 2.45) is 0 Å². The molecule has 0 fully saturated rings. The molecule has 0 aliphatic heterocycles. The number of carbonyl (C=O) groups excluding carboxylic acids is 1. The summed E-state index contributed by atoms with van der Waals surface area (Å²) >= 11 is 6.66. The Balaban J connectivity index is 2.16. The molecule has 0 atom stereocenters. The van der Waals surface area contributed by atoms with Gasteiger partial charge in [0.25, 0.3) is 0 Å². The monoisotopic (exact) mass is 356 g/mol. The summed E-state index contributed by atoms with van der Waals surface area (Å²) in [6.45, 7) is 0. The molecule has 0 saturated carbocycles. The molecule has 1 aromatic heterocycles. The second-order valence-electron chi connectivity index (χ2n) is 3.06. The van der Waals surface area contributed by atoms with Gasteiger partial charge >= 0.3 is 5.97 Å². The second kappa shape index (κ2) is 5.37. The largest absolute Gasteiger partial charge is 0.422 e. The van der Waals surface area contributed by atoms with E-state index in [0.717, 1.165) is 8.95 Å². The Morgan fingerprint density at radius 2 is 2.00 bits per heavy atom. The third-order valence-electron chi connectivity index (χ3n) is 1.89. The minimum absolute atomic E-state index is 0.221. The van der Waals surface area contributed by atoms with Crippen molar-refractivity contribution in [1.29, 1.82) is 0 Å². The number of rotatable bonds is 2. The maximum Gasteiger partial charge on any atom is 0.362 e. The standard InChI is InChI=1S/C11H6Br2N2O2/c12-8-2-1-7(5-9(8)13)17-11(16)10-3-4-14-6-15-10/h1-6H. The van der Waals surface area contributed by atoms with Gasteiger partial charge in [0, 0.05) is 15.1 Å². The van der Waals surface area contributed by atoms with Crippen LogP contribution in [0.5, 0.6) is 5.75 Å². The molecule has 2 rings (SSSR count). The van der Waals surface area contributed by atoms with E-state index in [1.165, 1.54) is 18.6 Å². The number of carbonyl (C=O) groups is 1. The van der Waals surface area contributed by atoms with Crippen LogP contribution in [-0.2, 0) is 0 Å². The first-order valence-corrected chi connectivity index (χ1v) is 6.18. The van der Waals surface area contributed by atoms with Crippen molar-refractivity contribution >= 4 is 37.8 Å². The zero-order valence-electron chi connectivity index (χ0n) is 8.43. The molecule has 0 N–H and O–H groups in total. The van der Waals surface area contributed by atoms with Crippen LogP contribution in [0.25, 0.3) is 0 Å². The topological polar surface area (TPSA) is 52.1 Å². The number of nitrogens with zero attached hydrogens (tertiary/aromatic N) is 2. The molecular weight excluding hydrogens is 352 g/mol. The zero-order chi connectivity index (χ0) is 12.3. The van der Waals surface area contributed by atoms with Gasteiger partial charge in [-0.1, -0.05) is 0 Å². The van der Waals surface area contributed by atoms with Crippen LogP contribution in [-0.4, -0.2) is 15.9 Å². The molecule has 1 aromatic carbocycles. The number of hydrogen-bond acceptors (Lipinski definition) is 4. The van der Waals surface area contributed by atoms with Crippen molar-refractivity contribution in [3.05, 3.63) is 51.4 Å². The smallest absolute Gasteiger partial charge is 0.362 e. The fraction of sp³-hybridized carbons (Fsp3) is 0. The fourth-order valence-corrected chi connectivity index (χ4v) is 1.72. The highest BCUT2D eigenvalue weighted by Crippen LogP contribution is 2.27. The molecule has 1 heterocycles. The quantitative estimate of drug-likeness (QED) is 0.611. The SMILES string of the molecule is O=C(Oc1ccc(Br)c(Br)c1)c1ccncn1. The number of esters is 1. The molecule has 2 aromatic rings. The highest BCUT2D eigenvalue weighted by atomic mass is 79.9. The third kappa shape index (κ3) is 3.10. The lowest BCUT2D eigenvalue weighted by Gasteiger charge is -2.04. The summed E-state index contributed by atoms with van der Waals surface area (Å²) in [5.41, 5.74) is 0.221. The number of benzene rings is 1. The molecule has 0 bridgehead atoms. The van der Waals surface area contributed by atoms with E-state index in [1.54, 1.807) is 18.2 Å². The summed E-state index contributed by atoms with van der Waals surface area (Å²) in [5.74, 6) is -0.0645. The number of ether oxygens (including phenoxy) is 1. The summed E-state index contributed by atoms with van der Waals surface area (Å²) in [4.78, 5) is 19.2. The van der Waals surface area contributed by atoms with Crippen molar-refractivity contribution in [2.45, 2.75) is 0 Å². The molecule has 0 aliphatic rings. The van der Waals surface area contributed by atoms with E-state index >= 15 is 0 Å². The highest BCUT2D eigenvalue weighted by Gasteiger charge is 2.10. The minimum Gasteiger partial charge on any atom is -0.422 e. The average molecular weight is 358 g/mol. The van der Waals surface area contributed by atoms with E-state index in [-0.39, 0.29) is 5.69 Å². The van der Waals surface area contributed by atoms with Crippen LogP contribution in [0.15, 0.2) is 45.7 Å². The van der Waals surface area contributed by atoms with Crippen molar-refractivity contribution in [3.63, 3.8) is 0 Å². The molecule has 6 heteroatoms. The van der Waals surface area contributed by atoms with Gasteiger partial charge in [0.1, 0.15) is 12.1 Å². The first kappa shape index (κ1) is 12.2. The maximum atomic E-state index is 11.7. The van der Waals surface area contributed by atoms with Gasteiger partial charge < -0.3 is 4.74 Å². The predicted octanol–water partition coefficient (Wildman–Crippen LogP) is 3.22. The average Bonchev–Trinajstić information content (AvgIpc) is 2.35. The van der Waals surface area contributed by atoms with Crippen LogP contribution in [0.2, 0.25) is 0 Å².